The largest absolute Gasteiger partial charge is 1.00 e. The maximum Gasteiger partial charge on any atom is 1.00 e. The average molecular weight is 222 g/mol. The average Bonchev–Trinajstić information content (AvgIpc) is 1.14. The van der Waals surface area contributed by atoms with E-state index in [0.717, 1.165) is 0 Å². The Morgan fingerprint density at radius 1 is 1.00 bits per heavy atom. The third-order valence-corrected chi connectivity index (χ3v) is 1.91. The second kappa shape index (κ2) is 5.77. The van der Waals surface area contributed by atoms with E-state index in [4.69, 9.17) is 19.6 Å². The molecule has 4 N–H and O–H groups in total. The van der Waals surface area contributed by atoms with Crippen LogP contribution in [-0.2, 0) is 13.4 Å². The van der Waals surface area contributed by atoms with Gasteiger partial charge < -0.3 is 21.0 Å². The van der Waals surface area contributed by atoms with Crippen LogP contribution in [0.15, 0.2) is 0 Å². The van der Waals surface area contributed by atoms with Crippen LogP contribution >= 0.6 is 15.6 Å². The van der Waals surface area contributed by atoms with Crippen LogP contribution in [0, 0.1) is 0 Å². The summed E-state index contributed by atoms with van der Waals surface area (Å²) in [5.74, 6) is 0. The zero-order valence-electron chi connectivity index (χ0n) is 6.32. The smallest absolute Gasteiger partial charge is 1.00 e. The minimum absolute atomic E-state index is 0. The van der Waals surface area contributed by atoms with E-state index >= 15 is 0 Å². The first-order valence-corrected chi connectivity index (χ1v) is 4.59. The molecule has 11 heteroatoms. The topological polar surface area (TPSA) is 124 Å². The molecular formula is H6FNaO7P2. The van der Waals surface area contributed by atoms with Crippen molar-refractivity contribution in [2.45, 2.75) is 0 Å². The molecule has 0 aromatic rings. The summed E-state index contributed by atoms with van der Waals surface area (Å²) < 4.78 is 22.2. The van der Waals surface area contributed by atoms with E-state index in [1.807, 2.05) is 0 Å². The molecule has 0 radical (unpaired) electrons. The van der Waals surface area contributed by atoms with Gasteiger partial charge in [0, 0.05) is 0 Å². The van der Waals surface area contributed by atoms with E-state index in [2.05, 4.69) is 4.31 Å². The summed E-state index contributed by atoms with van der Waals surface area (Å²) in [5, 5.41) is 0. The molecular weight excluding hydrogens is 216 g/mol. The molecule has 0 spiro atoms. The molecule has 0 aromatic heterocycles. The van der Waals surface area contributed by atoms with Crippen LogP contribution in [0.2, 0.25) is 0 Å². The number of hydrogen-bond donors (Lipinski definition) is 4. The summed E-state index contributed by atoms with van der Waals surface area (Å²) in [5.41, 5.74) is 0. The molecule has 11 heavy (non-hydrogen) atoms. The van der Waals surface area contributed by atoms with Crippen molar-refractivity contribution in [2.24, 2.45) is 0 Å². The maximum atomic E-state index is 9.63. The molecule has 0 saturated carbocycles. The Labute approximate surface area is 84.4 Å². The van der Waals surface area contributed by atoms with Crippen molar-refractivity contribution in [1.29, 1.82) is 0 Å². The summed E-state index contributed by atoms with van der Waals surface area (Å²) in [6.45, 7) is 0. The molecule has 0 aliphatic heterocycles. The van der Waals surface area contributed by atoms with Crippen LogP contribution in [0.1, 0.15) is 1.43 Å². The van der Waals surface area contributed by atoms with Crippen molar-refractivity contribution in [3.63, 3.8) is 0 Å². The Kier molecular flexibility index (Phi) is 9.48. The van der Waals surface area contributed by atoms with Gasteiger partial charge in [-0.2, -0.15) is 4.31 Å². The van der Waals surface area contributed by atoms with Gasteiger partial charge in [-0.3, -0.25) is 4.70 Å². The van der Waals surface area contributed by atoms with E-state index in [-0.39, 0.29) is 35.7 Å². The van der Waals surface area contributed by atoms with Crippen LogP contribution in [0.5, 0.6) is 0 Å². The first kappa shape index (κ1) is 18.1. The fraction of sp³-hybridized carbons (Fsp3) is 0. The van der Waals surface area contributed by atoms with Crippen LogP contribution in [0.4, 0.5) is 4.70 Å². The maximum absolute atomic E-state index is 9.63. The Morgan fingerprint density at radius 3 is 1.18 bits per heavy atom. The van der Waals surface area contributed by atoms with Crippen molar-refractivity contribution < 1.29 is 68.7 Å². The number of hydrogen-bond acceptors (Lipinski definition) is 3. The van der Waals surface area contributed by atoms with E-state index in [1.54, 1.807) is 0 Å². The Morgan fingerprint density at radius 2 is 1.18 bits per heavy atom. The van der Waals surface area contributed by atoms with Gasteiger partial charge in [-0.1, -0.05) is 0 Å². The molecule has 0 unspecified atom stereocenters. The molecule has 0 aromatic carbocycles. The van der Waals surface area contributed by atoms with Crippen molar-refractivity contribution in [1.82, 2.24) is 0 Å². The second-order valence-electron chi connectivity index (χ2n) is 1.06. The molecule has 0 aliphatic rings. The van der Waals surface area contributed by atoms with Gasteiger partial charge in [-0.05, 0) is 0 Å². The minimum Gasteiger partial charge on any atom is -1.00 e. The van der Waals surface area contributed by atoms with Crippen LogP contribution in [0.3, 0.4) is 0 Å². The monoisotopic (exact) mass is 222 g/mol. The molecule has 0 heterocycles. The van der Waals surface area contributed by atoms with Gasteiger partial charge in [0.25, 0.3) is 0 Å². The van der Waals surface area contributed by atoms with Gasteiger partial charge in [0.05, 0.1) is 0 Å². The molecule has 66 valence electrons. The van der Waals surface area contributed by atoms with Gasteiger partial charge >= 0.3 is 45.2 Å². The Bertz CT molecular complexity index is 162. The molecule has 0 saturated heterocycles. The van der Waals surface area contributed by atoms with Crippen molar-refractivity contribution >= 4 is 15.6 Å². The minimum atomic E-state index is -5.05. The molecule has 0 amide bonds. The molecule has 0 rings (SSSR count). The van der Waals surface area contributed by atoms with Gasteiger partial charge in [-0.25, -0.2) is 9.13 Å². The fourth-order valence-electron chi connectivity index (χ4n) is 0.139. The number of halogens is 1. The van der Waals surface area contributed by atoms with Crippen LogP contribution in [-0.4, -0.2) is 19.6 Å². The summed E-state index contributed by atoms with van der Waals surface area (Å²) in [6.07, 6.45) is 0. The summed E-state index contributed by atoms with van der Waals surface area (Å²) in [7, 11) is -10.1. The normalized spacial score (nSPS) is 11.3. The first-order valence-electron chi connectivity index (χ1n) is 1.53. The fourth-order valence-corrected chi connectivity index (χ4v) is 1.25. The van der Waals surface area contributed by atoms with Crippen molar-refractivity contribution in [3.05, 3.63) is 0 Å². The predicted molar refractivity (Wildman–Crippen MR) is 28.8 cm³/mol. The molecule has 7 nitrogen and oxygen atoms in total. The third-order valence-electron chi connectivity index (χ3n) is 0.213. The van der Waals surface area contributed by atoms with E-state index in [0.29, 0.717) is 0 Å². The standard InChI is InChI=1S/FH.Na.H4O7P2.H/c;;1-8(2,3)7-9(4,5)6;/h1H;;(H2,1,2,3)(H2,4,5,6);/q;+1;;-1. The van der Waals surface area contributed by atoms with Crippen molar-refractivity contribution in [3.8, 4) is 0 Å². The van der Waals surface area contributed by atoms with Gasteiger partial charge in [0.1, 0.15) is 0 Å². The zero-order chi connectivity index (χ0) is 7.71. The summed E-state index contributed by atoms with van der Waals surface area (Å²) in [6, 6.07) is 0. The zero-order valence-corrected chi connectivity index (χ0v) is 9.11. The molecule has 0 aliphatic carbocycles. The van der Waals surface area contributed by atoms with E-state index in [9.17, 15) is 9.13 Å². The Hall–Kier alpha value is 1.19. The van der Waals surface area contributed by atoms with Crippen molar-refractivity contribution in [2.75, 3.05) is 0 Å². The summed E-state index contributed by atoms with van der Waals surface area (Å²) in [4.78, 5) is 31.0. The summed E-state index contributed by atoms with van der Waals surface area (Å²) >= 11 is 0. The first-order chi connectivity index (χ1) is 3.71. The van der Waals surface area contributed by atoms with Crippen LogP contribution in [0.25, 0.3) is 0 Å². The molecule has 0 fully saturated rings. The molecule has 0 atom stereocenters. The van der Waals surface area contributed by atoms with E-state index < -0.39 is 15.6 Å². The van der Waals surface area contributed by atoms with E-state index in [1.165, 1.54) is 0 Å². The number of rotatable bonds is 2. The predicted octanol–water partition coefficient (Wildman–Crippen LogP) is -3.54. The number of phosphoric acid groups is 2. The van der Waals surface area contributed by atoms with Crippen LogP contribution < -0.4 is 29.6 Å². The Balaban J connectivity index is -0.000000107. The quantitative estimate of drug-likeness (QED) is 0.281. The second-order valence-corrected chi connectivity index (χ2v) is 3.68. The molecule has 0 bridgehead atoms. The van der Waals surface area contributed by atoms with Gasteiger partial charge in [0.15, 0.2) is 0 Å². The van der Waals surface area contributed by atoms with Gasteiger partial charge in [0.2, 0.25) is 0 Å². The SMILES string of the molecule is F.O=P(O)(O)OP(=O)(O)O.[H-].[Na+]. The third kappa shape index (κ3) is 18.3. The van der Waals surface area contributed by atoms with Gasteiger partial charge in [-0.15, -0.1) is 0 Å².